The maximum Gasteiger partial charge on any atom is 0.338 e. The van der Waals surface area contributed by atoms with Gasteiger partial charge in [-0.3, -0.25) is 0 Å². The fourth-order valence-corrected chi connectivity index (χ4v) is 3.44. The molecule has 3 nitrogen and oxygen atoms in total. The molecule has 0 aromatic heterocycles. The van der Waals surface area contributed by atoms with Crippen molar-refractivity contribution >= 4 is 11.7 Å². The van der Waals surface area contributed by atoms with E-state index in [-0.39, 0.29) is 5.56 Å². The lowest BCUT2D eigenvalue weighted by molar-refractivity contribution is 0.0599. The molecular weight excluding hydrogens is 269 g/mol. The number of hydrogen-bond donors (Lipinski definition) is 1. The Morgan fingerprint density at radius 1 is 1.24 bits per heavy atom. The predicted octanol–water partition coefficient (Wildman–Crippen LogP) is 4.16. The first kappa shape index (κ1) is 15.8. The number of carbonyl (C=O) groups is 1. The molecule has 2 rings (SSSR count). The average molecular weight is 293 g/mol. The van der Waals surface area contributed by atoms with Crippen molar-refractivity contribution in [1.29, 1.82) is 0 Å². The topological polar surface area (TPSA) is 38.3 Å². The van der Waals surface area contributed by atoms with E-state index in [0.29, 0.717) is 23.6 Å². The number of nitrogens with one attached hydrogen (secondary N) is 1. The van der Waals surface area contributed by atoms with Gasteiger partial charge in [-0.2, -0.15) is 0 Å². The predicted molar refractivity (Wildman–Crippen MR) is 82.1 cm³/mol. The van der Waals surface area contributed by atoms with Crippen LogP contribution in [-0.2, 0) is 4.74 Å². The highest BCUT2D eigenvalue weighted by Gasteiger charge is 2.25. The van der Waals surface area contributed by atoms with Crippen LogP contribution in [0.5, 0.6) is 0 Å². The largest absolute Gasteiger partial charge is 0.465 e. The molecule has 1 saturated carbocycles. The third-order valence-electron chi connectivity index (χ3n) is 4.32. The van der Waals surface area contributed by atoms with Crippen LogP contribution in [0.2, 0.25) is 0 Å². The molecule has 0 amide bonds. The molecule has 21 heavy (non-hydrogen) atoms. The average Bonchev–Trinajstić information content (AvgIpc) is 2.40. The Kier molecular flexibility index (Phi) is 4.86. The molecule has 0 aliphatic heterocycles. The zero-order valence-corrected chi connectivity index (χ0v) is 13.2. The SMILES string of the molecule is COC(=O)c1cc(F)cc(NC2C[C@@H](C)C[C@H](C)C2)c1C. The Bertz CT molecular complexity index is 520. The molecule has 0 saturated heterocycles. The molecule has 1 aromatic carbocycles. The zero-order valence-electron chi connectivity index (χ0n) is 13.2. The number of carbonyl (C=O) groups excluding carboxylic acids is 1. The van der Waals surface area contributed by atoms with Gasteiger partial charge in [0.15, 0.2) is 0 Å². The molecule has 1 aliphatic carbocycles. The number of ether oxygens (including phenoxy) is 1. The summed E-state index contributed by atoms with van der Waals surface area (Å²) in [7, 11) is 1.31. The first-order chi connectivity index (χ1) is 9.90. The van der Waals surface area contributed by atoms with E-state index in [1.165, 1.54) is 25.7 Å². The standard InChI is InChI=1S/C17H24FNO2/c1-10-5-11(2)7-14(6-10)19-16-9-13(18)8-15(12(16)3)17(20)21-4/h8-11,14,19H,5-7H2,1-4H3/t10-,11-/m0/s1. The van der Waals surface area contributed by atoms with Gasteiger partial charge in [0, 0.05) is 11.7 Å². The second-order valence-electron chi connectivity index (χ2n) is 6.38. The number of halogens is 1. The van der Waals surface area contributed by atoms with Gasteiger partial charge in [0.25, 0.3) is 0 Å². The molecule has 0 heterocycles. The fourth-order valence-electron chi connectivity index (χ4n) is 3.44. The van der Waals surface area contributed by atoms with Crippen LogP contribution in [0.25, 0.3) is 0 Å². The van der Waals surface area contributed by atoms with Crippen LogP contribution >= 0.6 is 0 Å². The van der Waals surface area contributed by atoms with Crippen molar-refractivity contribution in [3.8, 4) is 0 Å². The van der Waals surface area contributed by atoms with E-state index in [1.54, 1.807) is 0 Å². The summed E-state index contributed by atoms with van der Waals surface area (Å²) in [4.78, 5) is 11.7. The van der Waals surface area contributed by atoms with Gasteiger partial charge in [-0.25, -0.2) is 9.18 Å². The number of benzene rings is 1. The van der Waals surface area contributed by atoms with E-state index in [0.717, 1.165) is 18.4 Å². The molecule has 2 atom stereocenters. The molecule has 116 valence electrons. The maximum atomic E-state index is 13.8. The van der Waals surface area contributed by atoms with E-state index in [2.05, 4.69) is 19.2 Å². The normalized spacial score (nSPS) is 25.5. The van der Waals surface area contributed by atoms with Gasteiger partial charge in [0.2, 0.25) is 0 Å². The molecule has 0 radical (unpaired) electrons. The van der Waals surface area contributed by atoms with Gasteiger partial charge in [-0.05, 0) is 55.7 Å². The van der Waals surface area contributed by atoms with Gasteiger partial charge >= 0.3 is 5.97 Å². The van der Waals surface area contributed by atoms with E-state index in [1.807, 2.05) is 6.92 Å². The van der Waals surface area contributed by atoms with Crippen LogP contribution in [0.4, 0.5) is 10.1 Å². The van der Waals surface area contributed by atoms with Crippen LogP contribution in [0.1, 0.15) is 49.0 Å². The number of methoxy groups -OCH3 is 1. The summed E-state index contributed by atoms with van der Waals surface area (Å²) in [6.07, 6.45) is 3.40. The summed E-state index contributed by atoms with van der Waals surface area (Å²) in [5.74, 6) is 0.418. The molecule has 0 unspecified atom stereocenters. The van der Waals surface area contributed by atoms with Crippen LogP contribution in [0.3, 0.4) is 0 Å². The monoisotopic (exact) mass is 293 g/mol. The number of anilines is 1. The van der Waals surface area contributed by atoms with E-state index in [4.69, 9.17) is 4.74 Å². The van der Waals surface area contributed by atoms with E-state index < -0.39 is 11.8 Å². The van der Waals surface area contributed by atoms with E-state index in [9.17, 15) is 9.18 Å². The Morgan fingerprint density at radius 2 is 1.86 bits per heavy atom. The minimum atomic E-state index is -0.500. The minimum absolute atomic E-state index is 0.289. The quantitative estimate of drug-likeness (QED) is 0.851. The summed E-state index contributed by atoms with van der Waals surface area (Å²) in [6.45, 7) is 6.33. The van der Waals surface area contributed by atoms with Gasteiger partial charge in [0.1, 0.15) is 5.82 Å². The number of hydrogen-bond acceptors (Lipinski definition) is 3. The lowest BCUT2D eigenvalue weighted by Gasteiger charge is -2.33. The van der Waals surface area contributed by atoms with Crippen molar-refractivity contribution in [3.63, 3.8) is 0 Å². The highest BCUT2D eigenvalue weighted by atomic mass is 19.1. The summed E-state index contributed by atoms with van der Waals surface area (Å²) in [5, 5.41) is 3.42. The van der Waals surface area contributed by atoms with Crippen LogP contribution in [0, 0.1) is 24.6 Å². The maximum absolute atomic E-state index is 13.8. The van der Waals surface area contributed by atoms with Crippen molar-refractivity contribution in [2.75, 3.05) is 12.4 Å². The molecule has 1 aromatic rings. The highest BCUT2D eigenvalue weighted by Crippen LogP contribution is 2.32. The Labute approximate surface area is 125 Å². The first-order valence-corrected chi connectivity index (χ1v) is 7.55. The third-order valence-corrected chi connectivity index (χ3v) is 4.32. The van der Waals surface area contributed by atoms with Crippen LogP contribution < -0.4 is 5.32 Å². The van der Waals surface area contributed by atoms with Crippen LogP contribution in [0.15, 0.2) is 12.1 Å². The number of rotatable bonds is 3. The van der Waals surface area contributed by atoms with Gasteiger partial charge in [-0.1, -0.05) is 13.8 Å². The second-order valence-corrected chi connectivity index (χ2v) is 6.38. The lowest BCUT2D eigenvalue weighted by atomic mass is 9.80. The summed E-state index contributed by atoms with van der Waals surface area (Å²) >= 11 is 0. The van der Waals surface area contributed by atoms with Gasteiger partial charge in [-0.15, -0.1) is 0 Å². The van der Waals surface area contributed by atoms with Crippen molar-refractivity contribution in [1.82, 2.24) is 0 Å². The zero-order chi connectivity index (χ0) is 15.6. The van der Waals surface area contributed by atoms with Crippen molar-refractivity contribution in [2.24, 2.45) is 11.8 Å². The fraction of sp³-hybridized carbons (Fsp3) is 0.588. The molecule has 1 N–H and O–H groups in total. The molecule has 1 fully saturated rings. The smallest absolute Gasteiger partial charge is 0.338 e. The summed E-state index contributed by atoms with van der Waals surface area (Å²) in [5.41, 5.74) is 1.73. The number of esters is 1. The minimum Gasteiger partial charge on any atom is -0.465 e. The Hall–Kier alpha value is -1.58. The summed E-state index contributed by atoms with van der Waals surface area (Å²) < 4.78 is 18.5. The van der Waals surface area contributed by atoms with E-state index >= 15 is 0 Å². The van der Waals surface area contributed by atoms with Gasteiger partial charge < -0.3 is 10.1 Å². The third kappa shape index (κ3) is 3.74. The molecule has 4 heteroatoms. The molecule has 1 aliphatic rings. The van der Waals surface area contributed by atoms with Gasteiger partial charge in [0.05, 0.1) is 12.7 Å². The first-order valence-electron chi connectivity index (χ1n) is 7.55. The van der Waals surface area contributed by atoms with Crippen molar-refractivity contribution in [3.05, 3.63) is 29.1 Å². The molecular formula is C17H24FNO2. The Balaban J connectivity index is 2.23. The highest BCUT2D eigenvalue weighted by molar-refractivity contribution is 5.92. The molecule has 0 bridgehead atoms. The Morgan fingerprint density at radius 3 is 2.43 bits per heavy atom. The summed E-state index contributed by atoms with van der Waals surface area (Å²) in [6, 6.07) is 3.03. The molecule has 0 spiro atoms. The van der Waals surface area contributed by atoms with Crippen LogP contribution in [-0.4, -0.2) is 19.1 Å². The van der Waals surface area contributed by atoms with Crippen molar-refractivity contribution in [2.45, 2.75) is 46.1 Å². The van der Waals surface area contributed by atoms with Crippen molar-refractivity contribution < 1.29 is 13.9 Å². The lowest BCUT2D eigenvalue weighted by Crippen LogP contribution is -2.30. The second kappa shape index (κ2) is 6.46.